The lowest BCUT2D eigenvalue weighted by atomic mass is 9.96. The van der Waals surface area contributed by atoms with Gasteiger partial charge in [0, 0.05) is 24.6 Å². The molecule has 0 radical (unpaired) electrons. The van der Waals surface area contributed by atoms with Crippen molar-refractivity contribution < 1.29 is 13.9 Å². The molecule has 0 saturated heterocycles. The van der Waals surface area contributed by atoms with E-state index in [1.807, 2.05) is 12.1 Å². The maximum atomic E-state index is 13.0. The van der Waals surface area contributed by atoms with Crippen molar-refractivity contribution in [2.75, 3.05) is 20.2 Å². The number of ether oxygens (including phenoxy) is 1. The second-order valence-corrected chi connectivity index (χ2v) is 7.45. The summed E-state index contributed by atoms with van der Waals surface area (Å²) in [6.07, 6.45) is 5.68. The van der Waals surface area contributed by atoms with Crippen LogP contribution in [0.15, 0.2) is 60.2 Å². The Balaban J connectivity index is 1.56. The summed E-state index contributed by atoms with van der Waals surface area (Å²) >= 11 is 0. The molecule has 28 heavy (non-hydrogen) atoms. The van der Waals surface area contributed by atoms with E-state index in [-0.39, 0.29) is 11.6 Å². The normalized spacial score (nSPS) is 17.2. The third-order valence-corrected chi connectivity index (χ3v) is 5.36. The smallest absolute Gasteiger partial charge is 0.162 e. The summed E-state index contributed by atoms with van der Waals surface area (Å²) in [6.45, 7) is 4.10. The Morgan fingerprint density at radius 2 is 1.86 bits per heavy atom. The van der Waals surface area contributed by atoms with Crippen LogP contribution in [0.5, 0.6) is 5.75 Å². The van der Waals surface area contributed by atoms with Gasteiger partial charge in [-0.05, 0) is 74.7 Å². The van der Waals surface area contributed by atoms with Crippen molar-refractivity contribution in [2.24, 2.45) is 0 Å². The highest BCUT2D eigenvalue weighted by molar-refractivity contribution is 5.95. The van der Waals surface area contributed by atoms with Crippen LogP contribution in [0.25, 0.3) is 0 Å². The zero-order valence-electron chi connectivity index (χ0n) is 16.7. The topological polar surface area (TPSA) is 29.5 Å². The molecule has 0 amide bonds. The standard InChI is InChI=1S/C24H28FNO2/c1-18-13-15-26(14-3-4-24(27)20-7-9-21(25)10-8-20)22(16-18)17-19-5-11-23(28-2)12-6-19/h5-12,16,22H,3-4,13-15,17H2,1-2H3. The van der Waals surface area contributed by atoms with Gasteiger partial charge in [0.15, 0.2) is 5.78 Å². The lowest BCUT2D eigenvalue weighted by Gasteiger charge is -2.34. The Kier molecular flexibility index (Phi) is 6.99. The van der Waals surface area contributed by atoms with Gasteiger partial charge in [0.25, 0.3) is 0 Å². The number of carbonyl (C=O) groups is 1. The van der Waals surface area contributed by atoms with Gasteiger partial charge in [0.1, 0.15) is 11.6 Å². The van der Waals surface area contributed by atoms with Gasteiger partial charge in [0.2, 0.25) is 0 Å². The van der Waals surface area contributed by atoms with E-state index < -0.39 is 0 Å². The zero-order chi connectivity index (χ0) is 19.9. The summed E-state index contributed by atoms with van der Waals surface area (Å²) in [5.74, 6) is 0.638. The Bertz CT molecular complexity index is 812. The molecule has 0 spiro atoms. The van der Waals surface area contributed by atoms with Crippen LogP contribution in [0.4, 0.5) is 4.39 Å². The quantitative estimate of drug-likeness (QED) is 0.473. The van der Waals surface area contributed by atoms with Crippen LogP contribution in [0, 0.1) is 5.82 Å². The first-order valence-corrected chi connectivity index (χ1v) is 9.88. The predicted octanol–water partition coefficient (Wildman–Crippen LogP) is 5.06. The number of rotatable bonds is 8. The average Bonchev–Trinajstić information content (AvgIpc) is 2.70. The molecule has 0 bridgehead atoms. The fraction of sp³-hybridized carbons (Fsp3) is 0.375. The highest BCUT2D eigenvalue weighted by Gasteiger charge is 2.21. The number of Topliss-reactive ketones (excluding diaryl/α,β-unsaturated/α-hetero) is 1. The van der Waals surface area contributed by atoms with Crippen molar-refractivity contribution >= 4 is 5.78 Å². The molecular formula is C24H28FNO2. The fourth-order valence-corrected chi connectivity index (χ4v) is 3.69. The van der Waals surface area contributed by atoms with Crippen LogP contribution < -0.4 is 4.74 Å². The van der Waals surface area contributed by atoms with Crippen molar-refractivity contribution in [3.63, 3.8) is 0 Å². The highest BCUT2D eigenvalue weighted by atomic mass is 19.1. The van der Waals surface area contributed by atoms with E-state index in [2.05, 4.69) is 30.0 Å². The van der Waals surface area contributed by atoms with Crippen LogP contribution in [-0.2, 0) is 6.42 Å². The molecule has 1 unspecified atom stereocenters. The number of benzene rings is 2. The summed E-state index contributed by atoms with van der Waals surface area (Å²) in [4.78, 5) is 14.8. The molecule has 0 N–H and O–H groups in total. The molecule has 0 aliphatic carbocycles. The van der Waals surface area contributed by atoms with Crippen molar-refractivity contribution in [1.82, 2.24) is 4.90 Å². The van der Waals surface area contributed by atoms with Crippen LogP contribution in [-0.4, -0.2) is 36.9 Å². The molecule has 3 rings (SSSR count). The van der Waals surface area contributed by atoms with Crippen molar-refractivity contribution in [3.05, 3.63) is 77.1 Å². The number of methoxy groups -OCH3 is 1. The van der Waals surface area contributed by atoms with Crippen LogP contribution in [0.2, 0.25) is 0 Å². The number of hydrogen-bond acceptors (Lipinski definition) is 3. The average molecular weight is 381 g/mol. The van der Waals surface area contributed by atoms with Crippen molar-refractivity contribution in [1.29, 1.82) is 0 Å². The van der Waals surface area contributed by atoms with Gasteiger partial charge < -0.3 is 4.74 Å². The molecule has 0 fully saturated rings. The molecule has 1 aliphatic heterocycles. The van der Waals surface area contributed by atoms with E-state index in [1.54, 1.807) is 19.2 Å². The molecule has 1 aliphatic rings. The van der Waals surface area contributed by atoms with E-state index in [4.69, 9.17) is 4.74 Å². The minimum absolute atomic E-state index is 0.0791. The van der Waals surface area contributed by atoms with Crippen LogP contribution >= 0.6 is 0 Å². The van der Waals surface area contributed by atoms with Gasteiger partial charge in [0.05, 0.1) is 7.11 Å². The van der Waals surface area contributed by atoms with Gasteiger partial charge in [-0.2, -0.15) is 0 Å². The van der Waals surface area contributed by atoms with Gasteiger partial charge in [-0.3, -0.25) is 9.69 Å². The van der Waals surface area contributed by atoms with Gasteiger partial charge in [-0.1, -0.05) is 23.8 Å². The Hall–Kier alpha value is -2.46. The minimum atomic E-state index is -0.312. The predicted molar refractivity (Wildman–Crippen MR) is 110 cm³/mol. The minimum Gasteiger partial charge on any atom is -0.497 e. The van der Waals surface area contributed by atoms with Crippen LogP contribution in [0.1, 0.15) is 42.1 Å². The number of ketones is 1. The Labute approximate surface area is 166 Å². The third-order valence-electron chi connectivity index (χ3n) is 5.36. The fourth-order valence-electron chi connectivity index (χ4n) is 3.69. The molecule has 2 aromatic rings. The van der Waals surface area contributed by atoms with E-state index in [9.17, 15) is 9.18 Å². The van der Waals surface area contributed by atoms with Gasteiger partial charge >= 0.3 is 0 Å². The third kappa shape index (κ3) is 5.52. The van der Waals surface area contributed by atoms with Crippen LogP contribution in [0.3, 0.4) is 0 Å². The summed E-state index contributed by atoms with van der Waals surface area (Å²) < 4.78 is 18.3. The summed E-state index contributed by atoms with van der Waals surface area (Å²) in [5.41, 5.74) is 3.30. The monoisotopic (exact) mass is 381 g/mol. The largest absolute Gasteiger partial charge is 0.497 e. The summed E-state index contributed by atoms with van der Waals surface area (Å²) in [7, 11) is 1.68. The van der Waals surface area contributed by atoms with E-state index in [0.29, 0.717) is 18.0 Å². The number of hydrogen-bond donors (Lipinski definition) is 0. The zero-order valence-corrected chi connectivity index (χ0v) is 16.7. The van der Waals surface area contributed by atoms with Gasteiger partial charge in [-0.15, -0.1) is 0 Å². The first kappa shape index (κ1) is 20.3. The second-order valence-electron chi connectivity index (χ2n) is 7.45. The molecular weight excluding hydrogens is 353 g/mol. The Morgan fingerprint density at radius 3 is 2.54 bits per heavy atom. The molecule has 1 atom stereocenters. The second kappa shape index (κ2) is 9.65. The first-order valence-electron chi connectivity index (χ1n) is 9.88. The number of carbonyl (C=O) groups excluding carboxylic acids is 1. The number of halogens is 1. The Morgan fingerprint density at radius 1 is 1.14 bits per heavy atom. The molecule has 1 heterocycles. The SMILES string of the molecule is COc1ccc(CC2C=C(C)CCN2CCCC(=O)c2ccc(F)cc2)cc1. The van der Waals surface area contributed by atoms with E-state index in [1.165, 1.54) is 23.3 Å². The molecule has 4 heteroatoms. The first-order chi connectivity index (χ1) is 13.5. The lowest BCUT2D eigenvalue weighted by molar-refractivity contribution is 0.0971. The molecule has 2 aromatic carbocycles. The lowest BCUT2D eigenvalue weighted by Crippen LogP contribution is -2.40. The van der Waals surface area contributed by atoms with Crippen molar-refractivity contribution in [2.45, 2.75) is 38.6 Å². The van der Waals surface area contributed by atoms with Crippen molar-refractivity contribution in [3.8, 4) is 5.75 Å². The molecule has 0 saturated carbocycles. The molecule has 3 nitrogen and oxygen atoms in total. The maximum Gasteiger partial charge on any atom is 0.162 e. The van der Waals surface area contributed by atoms with Gasteiger partial charge in [-0.25, -0.2) is 4.39 Å². The summed E-state index contributed by atoms with van der Waals surface area (Å²) in [5, 5.41) is 0. The molecule has 0 aromatic heterocycles. The molecule has 148 valence electrons. The van der Waals surface area contributed by atoms with E-state index in [0.717, 1.165) is 38.1 Å². The highest BCUT2D eigenvalue weighted by Crippen LogP contribution is 2.22. The summed E-state index contributed by atoms with van der Waals surface area (Å²) in [6, 6.07) is 14.4. The van der Waals surface area contributed by atoms with E-state index >= 15 is 0 Å². The maximum absolute atomic E-state index is 13.0. The number of nitrogens with zero attached hydrogens (tertiary/aromatic N) is 1.